The first-order valence-electron chi connectivity index (χ1n) is 16.2. The molecule has 10 rings (SSSR count). The first-order valence-corrected chi connectivity index (χ1v) is 16.2. The van der Waals surface area contributed by atoms with Gasteiger partial charge < -0.3 is 9.13 Å². The maximum atomic E-state index is 4.66. The molecule has 3 aromatic heterocycles. The van der Waals surface area contributed by atoms with Crippen molar-refractivity contribution in [3.05, 3.63) is 170 Å². The van der Waals surface area contributed by atoms with Crippen LogP contribution < -0.4 is 0 Å². The fourth-order valence-electron chi connectivity index (χ4n) is 7.47. The highest BCUT2D eigenvalue weighted by Crippen LogP contribution is 2.38. The van der Waals surface area contributed by atoms with Crippen LogP contribution in [0.3, 0.4) is 0 Å². The van der Waals surface area contributed by atoms with Gasteiger partial charge in [0.05, 0.1) is 33.1 Å². The molecule has 0 aliphatic carbocycles. The van der Waals surface area contributed by atoms with Crippen molar-refractivity contribution in [1.82, 2.24) is 19.1 Å². The van der Waals surface area contributed by atoms with Crippen LogP contribution in [-0.2, 0) is 0 Å². The van der Waals surface area contributed by atoms with E-state index in [-0.39, 0.29) is 0 Å². The molecule has 0 spiro atoms. The van der Waals surface area contributed by atoms with Gasteiger partial charge in [0.25, 0.3) is 0 Å². The summed E-state index contributed by atoms with van der Waals surface area (Å²) in [6.45, 7) is 0. The molecule has 0 unspecified atom stereocenters. The highest BCUT2D eigenvalue weighted by atomic mass is 15.0. The van der Waals surface area contributed by atoms with Crippen molar-refractivity contribution in [2.75, 3.05) is 0 Å². The lowest BCUT2D eigenvalue weighted by Crippen LogP contribution is -1.95. The molecule has 4 heteroatoms. The van der Waals surface area contributed by atoms with E-state index in [0.29, 0.717) is 0 Å². The van der Waals surface area contributed by atoms with Crippen molar-refractivity contribution in [2.24, 2.45) is 0 Å². The minimum absolute atomic E-state index is 0.879. The van der Waals surface area contributed by atoms with Gasteiger partial charge in [-0.3, -0.25) is 9.97 Å². The van der Waals surface area contributed by atoms with Gasteiger partial charge in [-0.25, -0.2) is 0 Å². The Morgan fingerprint density at radius 2 is 0.646 bits per heavy atom. The van der Waals surface area contributed by atoms with Gasteiger partial charge in [-0.15, -0.1) is 0 Å². The molecule has 0 saturated heterocycles. The normalized spacial score (nSPS) is 11.8. The first kappa shape index (κ1) is 26.7. The quantitative estimate of drug-likeness (QED) is 0.198. The van der Waals surface area contributed by atoms with Gasteiger partial charge >= 0.3 is 0 Å². The molecule has 224 valence electrons. The Morgan fingerprint density at radius 3 is 0.979 bits per heavy atom. The van der Waals surface area contributed by atoms with Gasteiger partial charge in [-0.2, -0.15) is 0 Å². The molecule has 10 aromatic rings. The van der Waals surface area contributed by atoms with Gasteiger partial charge in [0.15, 0.2) is 0 Å². The summed E-state index contributed by atoms with van der Waals surface area (Å²) in [6.07, 6.45) is 3.52. The number of rotatable bonds is 4. The second-order valence-corrected chi connectivity index (χ2v) is 12.3. The molecule has 0 amide bonds. The Labute approximate surface area is 276 Å². The van der Waals surface area contributed by atoms with Crippen molar-refractivity contribution in [3.63, 3.8) is 0 Å². The number of nitrogens with zero attached hydrogens (tertiary/aromatic N) is 4. The topological polar surface area (TPSA) is 35.6 Å². The number of aromatic nitrogens is 4. The molecule has 7 aromatic carbocycles. The Morgan fingerprint density at radius 1 is 0.333 bits per heavy atom. The molecule has 0 fully saturated rings. The van der Waals surface area contributed by atoms with Gasteiger partial charge in [0.1, 0.15) is 0 Å². The molecule has 0 atom stereocenters. The molecule has 0 radical (unpaired) electrons. The summed E-state index contributed by atoms with van der Waals surface area (Å²) in [4.78, 5) is 9.33. The fraction of sp³-hybridized carbons (Fsp3) is 0. The predicted molar refractivity (Wildman–Crippen MR) is 199 cm³/mol. The lowest BCUT2D eigenvalue weighted by Gasteiger charge is -2.14. The highest BCUT2D eigenvalue weighted by Gasteiger charge is 2.16. The third-order valence-electron chi connectivity index (χ3n) is 9.64. The summed E-state index contributed by atoms with van der Waals surface area (Å²) >= 11 is 0. The maximum absolute atomic E-state index is 4.66. The van der Waals surface area contributed by atoms with E-state index < -0.39 is 0 Å². The monoisotopic (exact) mass is 612 g/mol. The van der Waals surface area contributed by atoms with Crippen LogP contribution >= 0.6 is 0 Å². The average Bonchev–Trinajstić information content (AvgIpc) is 3.68. The van der Waals surface area contributed by atoms with Gasteiger partial charge in [0.2, 0.25) is 0 Å². The minimum Gasteiger partial charge on any atom is -0.309 e. The second kappa shape index (κ2) is 10.5. The molecule has 0 aliphatic rings. The highest BCUT2D eigenvalue weighted by molar-refractivity contribution is 6.10. The van der Waals surface area contributed by atoms with E-state index in [2.05, 4.69) is 177 Å². The number of hydrogen-bond donors (Lipinski definition) is 0. The van der Waals surface area contributed by atoms with E-state index in [9.17, 15) is 0 Å². The number of benzene rings is 7. The van der Waals surface area contributed by atoms with Crippen molar-refractivity contribution in [2.45, 2.75) is 0 Å². The standard InChI is InChI=1S/C44H28N4/c1-5-13-41-33(9-1)34-10-2-6-14-42(34)47(41)31-21-17-29(18-22-31)37-27-39-40(46-26-25-45-39)28-38(37)30-19-23-32(24-20-30)48-43-15-7-3-11-35(43)36-12-4-8-16-44(36)48/h1-28H. The average molecular weight is 613 g/mol. The van der Waals surface area contributed by atoms with E-state index >= 15 is 0 Å². The zero-order valence-corrected chi connectivity index (χ0v) is 26.0. The summed E-state index contributed by atoms with van der Waals surface area (Å²) in [6, 6.07) is 56.7. The van der Waals surface area contributed by atoms with Crippen LogP contribution in [0.2, 0.25) is 0 Å². The summed E-state index contributed by atoms with van der Waals surface area (Å²) < 4.78 is 4.71. The van der Waals surface area contributed by atoms with E-state index in [1.54, 1.807) is 12.4 Å². The van der Waals surface area contributed by atoms with E-state index in [1.165, 1.54) is 43.6 Å². The van der Waals surface area contributed by atoms with Crippen molar-refractivity contribution < 1.29 is 0 Å². The Balaban J connectivity index is 1.11. The zero-order chi connectivity index (χ0) is 31.6. The van der Waals surface area contributed by atoms with E-state index in [4.69, 9.17) is 0 Å². The van der Waals surface area contributed by atoms with E-state index in [0.717, 1.165) is 44.7 Å². The zero-order valence-electron chi connectivity index (χ0n) is 26.0. The Bertz CT molecular complexity index is 2520. The number of hydrogen-bond acceptors (Lipinski definition) is 2. The molecule has 0 bridgehead atoms. The number of para-hydroxylation sites is 4. The smallest absolute Gasteiger partial charge is 0.0893 e. The largest absolute Gasteiger partial charge is 0.309 e. The molecule has 0 saturated carbocycles. The molecule has 48 heavy (non-hydrogen) atoms. The summed E-state index contributed by atoms with van der Waals surface area (Å²) in [5, 5.41) is 5.04. The van der Waals surface area contributed by atoms with Gasteiger partial charge in [-0.05, 0) is 82.9 Å². The van der Waals surface area contributed by atoms with Crippen LogP contribution in [0, 0.1) is 0 Å². The van der Waals surface area contributed by atoms with Crippen molar-refractivity contribution in [1.29, 1.82) is 0 Å². The SMILES string of the molecule is c1ccc2c(c1)c1ccccc1n2-c1ccc(-c2cc3nccnc3cc2-c2ccc(-n3c4ccccc4c4ccccc43)cc2)cc1. The Hall–Kier alpha value is -6.52. The fourth-order valence-corrected chi connectivity index (χ4v) is 7.47. The van der Waals surface area contributed by atoms with E-state index in [1.807, 2.05) is 0 Å². The molecular formula is C44H28N4. The molecule has 0 N–H and O–H groups in total. The van der Waals surface area contributed by atoms with Crippen LogP contribution in [0.1, 0.15) is 0 Å². The summed E-state index contributed by atoms with van der Waals surface area (Å²) in [7, 11) is 0. The first-order chi connectivity index (χ1) is 23.8. The van der Waals surface area contributed by atoms with Crippen LogP contribution in [0.25, 0.3) is 88.3 Å². The van der Waals surface area contributed by atoms with Crippen molar-refractivity contribution in [3.8, 4) is 33.6 Å². The lowest BCUT2D eigenvalue weighted by molar-refractivity contribution is 1.18. The molecule has 4 nitrogen and oxygen atoms in total. The van der Waals surface area contributed by atoms with Crippen LogP contribution in [0.15, 0.2) is 170 Å². The second-order valence-electron chi connectivity index (χ2n) is 12.3. The third kappa shape index (κ3) is 4.03. The molecular weight excluding hydrogens is 585 g/mol. The van der Waals surface area contributed by atoms with Crippen molar-refractivity contribution >= 4 is 54.6 Å². The summed E-state index contributed by atoms with van der Waals surface area (Å²) in [5.74, 6) is 0. The minimum atomic E-state index is 0.879. The van der Waals surface area contributed by atoms with Gasteiger partial charge in [0, 0.05) is 45.3 Å². The van der Waals surface area contributed by atoms with Crippen LogP contribution in [0.4, 0.5) is 0 Å². The molecule has 3 heterocycles. The summed E-state index contributed by atoms with van der Waals surface area (Å²) in [5.41, 5.74) is 13.4. The Kier molecular flexibility index (Phi) is 5.84. The maximum Gasteiger partial charge on any atom is 0.0893 e. The molecule has 0 aliphatic heterocycles. The number of fused-ring (bicyclic) bond motifs is 7. The third-order valence-corrected chi connectivity index (χ3v) is 9.64. The van der Waals surface area contributed by atoms with Crippen LogP contribution in [0.5, 0.6) is 0 Å². The lowest BCUT2D eigenvalue weighted by atomic mass is 9.93. The van der Waals surface area contributed by atoms with Gasteiger partial charge in [-0.1, -0.05) is 97.1 Å². The van der Waals surface area contributed by atoms with Crippen LogP contribution in [-0.4, -0.2) is 19.1 Å². The predicted octanol–water partition coefficient (Wildman–Crippen LogP) is 11.2.